The predicted octanol–water partition coefficient (Wildman–Crippen LogP) is 2.48. The quantitative estimate of drug-likeness (QED) is 0.159. The molecule has 2 aromatic heterocycles. The third-order valence-corrected chi connectivity index (χ3v) is 7.77. The fourth-order valence-corrected chi connectivity index (χ4v) is 5.68. The Morgan fingerprint density at radius 1 is 1.16 bits per heavy atom. The molecule has 1 aromatic carbocycles. The van der Waals surface area contributed by atoms with E-state index in [0.29, 0.717) is 11.6 Å². The van der Waals surface area contributed by atoms with Crippen molar-refractivity contribution in [2.75, 3.05) is 45.1 Å². The first kappa shape index (κ1) is 25.4. The van der Waals surface area contributed by atoms with Crippen LogP contribution >= 0.6 is 0 Å². The van der Waals surface area contributed by atoms with E-state index < -0.39 is 0 Å². The Balaban J connectivity index is 1.56. The van der Waals surface area contributed by atoms with Crippen LogP contribution in [-0.2, 0) is 6.54 Å². The van der Waals surface area contributed by atoms with Gasteiger partial charge in [-0.1, -0.05) is 25.5 Å². The maximum Gasteiger partial charge on any atom is 0.260 e. The van der Waals surface area contributed by atoms with Crippen LogP contribution < -0.4 is 21.9 Å². The normalized spacial score (nSPS) is 21.0. The number of nitrogens with two attached hydrogens (primary N) is 1. The van der Waals surface area contributed by atoms with Gasteiger partial charge in [-0.15, -0.1) is 0 Å². The fourth-order valence-electron chi connectivity index (χ4n) is 5.68. The van der Waals surface area contributed by atoms with Crippen LogP contribution in [0.2, 0.25) is 0 Å². The van der Waals surface area contributed by atoms with Gasteiger partial charge in [0.15, 0.2) is 5.96 Å². The highest BCUT2D eigenvalue weighted by Gasteiger charge is 2.29. The lowest BCUT2D eigenvalue weighted by Crippen LogP contribution is -2.43. The number of nitrogens with one attached hydrogen (secondary N) is 3. The summed E-state index contributed by atoms with van der Waals surface area (Å²) in [7, 11) is 2.16. The molecule has 2 fully saturated rings. The van der Waals surface area contributed by atoms with E-state index in [9.17, 15) is 4.79 Å². The van der Waals surface area contributed by atoms with Crippen LogP contribution in [0, 0.1) is 5.41 Å². The number of fused-ring (bicyclic) bond motifs is 3. The lowest BCUT2D eigenvalue weighted by atomic mass is 10.0. The number of aromatic nitrogens is 3. The molecule has 198 valence electrons. The van der Waals surface area contributed by atoms with E-state index in [2.05, 4.69) is 57.6 Å². The van der Waals surface area contributed by atoms with Gasteiger partial charge < -0.3 is 21.3 Å². The molecule has 1 saturated heterocycles. The van der Waals surface area contributed by atoms with E-state index in [-0.39, 0.29) is 23.6 Å². The van der Waals surface area contributed by atoms with Gasteiger partial charge in [0.2, 0.25) is 5.95 Å². The molecule has 1 saturated carbocycles. The molecule has 5 rings (SSSR count). The molecular formula is C27H39N9O. The van der Waals surface area contributed by atoms with Gasteiger partial charge in [0.05, 0.1) is 0 Å². The Labute approximate surface area is 217 Å². The van der Waals surface area contributed by atoms with Crippen LogP contribution in [-0.4, -0.2) is 76.1 Å². The molecular weight excluding hydrogens is 466 g/mol. The smallest absolute Gasteiger partial charge is 0.260 e. The van der Waals surface area contributed by atoms with Gasteiger partial charge in [0.25, 0.3) is 5.56 Å². The highest BCUT2D eigenvalue weighted by Crippen LogP contribution is 2.33. The van der Waals surface area contributed by atoms with Gasteiger partial charge in [-0.2, -0.15) is 4.98 Å². The van der Waals surface area contributed by atoms with Crippen molar-refractivity contribution in [2.45, 2.75) is 57.7 Å². The Morgan fingerprint density at radius 3 is 2.73 bits per heavy atom. The van der Waals surface area contributed by atoms with Crippen molar-refractivity contribution in [3.05, 3.63) is 40.3 Å². The largest absolute Gasteiger partial charge is 0.370 e. The van der Waals surface area contributed by atoms with E-state index in [1.807, 2.05) is 10.8 Å². The van der Waals surface area contributed by atoms with Crippen LogP contribution in [0.25, 0.3) is 21.8 Å². The third-order valence-electron chi connectivity index (χ3n) is 7.77. The second-order valence-electron chi connectivity index (χ2n) is 10.6. The summed E-state index contributed by atoms with van der Waals surface area (Å²) in [6.07, 6.45) is 6.38. The molecule has 0 radical (unpaired) electrons. The first-order valence-electron chi connectivity index (χ1n) is 13.5. The molecule has 1 unspecified atom stereocenters. The summed E-state index contributed by atoms with van der Waals surface area (Å²) in [4.78, 5) is 28.3. The minimum absolute atomic E-state index is 0.00518. The number of piperazine rings is 1. The van der Waals surface area contributed by atoms with Gasteiger partial charge in [-0.05, 0) is 49.7 Å². The predicted molar refractivity (Wildman–Crippen MR) is 149 cm³/mol. The minimum Gasteiger partial charge on any atom is -0.370 e. The summed E-state index contributed by atoms with van der Waals surface area (Å²) in [5.74, 6) is 0.524. The summed E-state index contributed by atoms with van der Waals surface area (Å²) < 4.78 is 1.88. The van der Waals surface area contributed by atoms with Crippen LogP contribution in [0.15, 0.2) is 29.2 Å². The molecule has 5 N–H and O–H groups in total. The molecule has 37 heavy (non-hydrogen) atoms. The van der Waals surface area contributed by atoms with Crippen molar-refractivity contribution in [1.29, 1.82) is 5.41 Å². The van der Waals surface area contributed by atoms with Crippen LogP contribution in [0.4, 0.5) is 5.95 Å². The highest BCUT2D eigenvalue weighted by molar-refractivity contribution is 6.04. The van der Waals surface area contributed by atoms with E-state index >= 15 is 0 Å². The lowest BCUT2D eigenvalue weighted by Gasteiger charge is -2.32. The number of benzene rings is 1. The van der Waals surface area contributed by atoms with E-state index in [1.165, 1.54) is 0 Å². The standard InChI is InChI=1S/C27H39N9O/c1-3-4-9-30-27-31-16-23-21-8-5-18(17-35-12-10-34(2)11-13-35)14-22(21)25(37)36(24(23)33-27)20-7-6-19(15-20)32-26(28)29/h5,8,14,16,19-20H,3-4,6-7,9-13,15,17H2,1-2H3,(H4,28,29,32)(H,30,31,33)/t19?,20-/m0/s1. The number of likely N-dealkylation sites (N-methyl/N-ethyl adjacent to an activating group) is 1. The van der Waals surface area contributed by atoms with E-state index in [0.717, 1.165) is 93.1 Å². The van der Waals surface area contributed by atoms with E-state index in [1.54, 1.807) is 0 Å². The molecule has 2 atom stereocenters. The number of pyridine rings is 1. The molecule has 0 spiro atoms. The van der Waals surface area contributed by atoms with Gasteiger partial charge >= 0.3 is 0 Å². The summed E-state index contributed by atoms with van der Waals surface area (Å²) in [5, 5.41) is 16.5. The Hall–Kier alpha value is -3.24. The molecule has 2 aliphatic rings. The maximum atomic E-state index is 14.1. The van der Waals surface area contributed by atoms with Crippen molar-refractivity contribution >= 4 is 33.7 Å². The van der Waals surface area contributed by atoms with Crippen molar-refractivity contribution in [3.63, 3.8) is 0 Å². The molecule has 3 aromatic rings. The maximum absolute atomic E-state index is 14.1. The molecule has 10 nitrogen and oxygen atoms in total. The average molecular weight is 506 g/mol. The van der Waals surface area contributed by atoms with Crippen LogP contribution in [0.3, 0.4) is 0 Å². The highest BCUT2D eigenvalue weighted by atomic mass is 16.1. The number of rotatable bonds is 8. The second-order valence-corrected chi connectivity index (χ2v) is 10.6. The summed E-state index contributed by atoms with van der Waals surface area (Å²) >= 11 is 0. The average Bonchev–Trinajstić information content (AvgIpc) is 3.33. The minimum atomic E-state index is -0.0281. The molecule has 3 heterocycles. The number of unbranched alkanes of at least 4 members (excludes halogenated alkanes) is 1. The molecule has 1 aliphatic carbocycles. The van der Waals surface area contributed by atoms with Crippen LogP contribution in [0.5, 0.6) is 0 Å². The number of guanidine groups is 1. The first-order valence-corrected chi connectivity index (χ1v) is 13.5. The van der Waals surface area contributed by atoms with Gasteiger partial charge in [-0.25, -0.2) is 4.98 Å². The van der Waals surface area contributed by atoms with Crippen molar-refractivity contribution in [3.8, 4) is 0 Å². The molecule has 1 aliphatic heterocycles. The zero-order valence-electron chi connectivity index (χ0n) is 22.0. The van der Waals surface area contributed by atoms with Crippen molar-refractivity contribution in [1.82, 2.24) is 29.7 Å². The topological polar surface area (TPSA) is 128 Å². The summed E-state index contributed by atoms with van der Waals surface area (Å²) in [6.45, 7) is 7.98. The molecule has 10 heteroatoms. The fraction of sp³-hybridized carbons (Fsp3) is 0.556. The van der Waals surface area contributed by atoms with Gasteiger partial charge in [0.1, 0.15) is 5.65 Å². The monoisotopic (exact) mass is 505 g/mol. The Bertz CT molecular complexity index is 1330. The summed E-state index contributed by atoms with van der Waals surface area (Å²) in [5.41, 5.74) is 7.42. The Morgan fingerprint density at radius 2 is 1.97 bits per heavy atom. The lowest BCUT2D eigenvalue weighted by molar-refractivity contribution is 0.148. The second kappa shape index (κ2) is 11.0. The molecule has 0 bridgehead atoms. The zero-order valence-corrected chi connectivity index (χ0v) is 22.0. The van der Waals surface area contributed by atoms with Crippen molar-refractivity contribution in [2.24, 2.45) is 5.73 Å². The SMILES string of the molecule is CCCCNc1ncc2c3ccc(CN4CCN(C)CC4)cc3c(=O)n([C@H]3CCC(NC(=N)N)C3)c2n1. The number of hydrogen-bond acceptors (Lipinski definition) is 7. The van der Waals surface area contributed by atoms with Gasteiger partial charge in [0, 0.05) is 68.3 Å². The van der Waals surface area contributed by atoms with Crippen LogP contribution in [0.1, 0.15) is 50.6 Å². The first-order chi connectivity index (χ1) is 17.9. The Kier molecular flexibility index (Phi) is 7.57. The number of anilines is 1. The molecule has 0 amide bonds. The number of hydrogen-bond donors (Lipinski definition) is 4. The summed E-state index contributed by atoms with van der Waals surface area (Å²) in [6, 6.07) is 6.33. The number of nitrogens with zero attached hydrogens (tertiary/aromatic N) is 5. The zero-order chi connectivity index (χ0) is 25.9. The van der Waals surface area contributed by atoms with E-state index in [4.69, 9.17) is 16.1 Å². The van der Waals surface area contributed by atoms with Gasteiger partial charge in [-0.3, -0.25) is 19.7 Å². The van der Waals surface area contributed by atoms with Crippen molar-refractivity contribution < 1.29 is 0 Å². The third kappa shape index (κ3) is 5.55.